The topological polar surface area (TPSA) is 56.0 Å². The number of carbonyl (C=O) groups excluding carboxylic acids is 1. The van der Waals surface area contributed by atoms with Crippen molar-refractivity contribution in [2.75, 3.05) is 5.75 Å². The zero-order chi connectivity index (χ0) is 16.3. The lowest BCUT2D eigenvalue weighted by Crippen LogP contribution is -2.21. The quantitative estimate of drug-likeness (QED) is 0.764. The van der Waals surface area contributed by atoms with Gasteiger partial charge in [0.2, 0.25) is 5.89 Å². The second kappa shape index (κ2) is 6.79. The van der Waals surface area contributed by atoms with E-state index in [0.717, 1.165) is 0 Å². The van der Waals surface area contributed by atoms with Crippen molar-refractivity contribution in [3.8, 4) is 0 Å². The van der Waals surface area contributed by atoms with Crippen LogP contribution in [-0.2, 0) is 11.2 Å². The van der Waals surface area contributed by atoms with Crippen molar-refractivity contribution in [1.82, 2.24) is 10.2 Å². The van der Waals surface area contributed by atoms with Gasteiger partial charge in [-0.05, 0) is 12.1 Å². The molecular formula is C15H16ClFN2O2S. The van der Waals surface area contributed by atoms with Crippen molar-refractivity contribution in [3.05, 3.63) is 40.5 Å². The fourth-order valence-corrected chi connectivity index (χ4v) is 2.74. The molecule has 0 aliphatic carbocycles. The number of halogens is 2. The molecule has 118 valence electrons. The van der Waals surface area contributed by atoms with Crippen LogP contribution in [0.1, 0.15) is 32.2 Å². The van der Waals surface area contributed by atoms with Gasteiger partial charge in [0, 0.05) is 16.0 Å². The molecule has 0 N–H and O–H groups in total. The van der Waals surface area contributed by atoms with E-state index >= 15 is 0 Å². The molecule has 0 spiro atoms. The molecule has 0 saturated carbocycles. The van der Waals surface area contributed by atoms with Crippen molar-refractivity contribution < 1.29 is 13.6 Å². The van der Waals surface area contributed by atoms with Gasteiger partial charge in [-0.15, -0.1) is 10.2 Å². The Morgan fingerprint density at radius 2 is 2.09 bits per heavy atom. The summed E-state index contributed by atoms with van der Waals surface area (Å²) in [4.78, 5) is 11.8. The average molecular weight is 343 g/mol. The summed E-state index contributed by atoms with van der Waals surface area (Å²) in [5.41, 5.74) is -0.0913. The van der Waals surface area contributed by atoms with Crippen molar-refractivity contribution in [1.29, 1.82) is 0 Å². The van der Waals surface area contributed by atoms with E-state index in [2.05, 4.69) is 10.2 Å². The van der Waals surface area contributed by atoms with E-state index < -0.39 is 11.2 Å². The minimum Gasteiger partial charge on any atom is -0.416 e. The second-order valence-corrected chi connectivity index (χ2v) is 7.13. The Labute approximate surface area is 137 Å². The van der Waals surface area contributed by atoms with Crippen molar-refractivity contribution in [3.63, 3.8) is 0 Å². The van der Waals surface area contributed by atoms with Crippen LogP contribution in [-0.4, -0.2) is 21.7 Å². The first kappa shape index (κ1) is 17.0. The van der Waals surface area contributed by atoms with Crippen LogP contribution in [0.4, 0.5) is 4.39 Å². The highest BCUT2D eigenvalue weighted by molar-refractivity contribution is 7.99. The molecule has 2 aromatic rings. The summed E-state index contributed by atoms with van der Waals surface area (Å²) in [7, 11) is 0. The third kappa shape index (κ3) is 4.30. The monoisotopic (exact) mass is 342 g/mol. The third-order valence-corrected chi connectivity index (χ3v) is 4.17. The molecular weight excluding hydrogens is 327 g/mol. The smallest absolute Gasteiger partial charge is 0.277 e. The van der Waals surface area contributed by atoms with Crippen LogP contribution in [0.25, 0.3) is 0 Å². The van der Waals surface area contributed by atoms with Gasteiger partial charge in [0.15, 0.2) is 0 Å². The predicted octanol–water partition coefficient (Wildman–Crippen LogP) is 4.16. The Hall–Kier alpha value is -1.40. The van der Waals surface area contributed by atoms with Gasteiger partial charge in [-0.1, -0.05) is 50.2 Å². The van der Waals surface area contributed by atoms with E-state index in [0.29, 0.717) is 15.8 Å². The van der Waals surface area contributed by atoms with Gasteiger partial charge in [0.05, 0.1) is 12.2 Å². The second-order valence-electron chi connectivity index (χ2n) is 5.80. The van der Waals surface area contributed by atoms with Gasteiger partial charge < -0.3 is 4.42 Å². The lowest BCUT2D eigenvalue weighted by Gasteiger charge is -2.14. The number of hydrogen-bond acceptors (Lipinski definition) is 5. The molecule has 1 aromatic carbocycles. The van der Waals surface area contributed by atoms with Crippen LogP contribution < -0.4 is 0 Å². The number of benzene rings is 1. The summed E-state index contributed by atoms with van der Waals surface area (Å²) in [5, 5.41) is 8.32. The van der Waals surface area contributed by atoms with Crippen molar-refractivity contribution in [2.24, 2.45) is 5.41 Å². The minimum absolute atomic E-state index is 0.0920. The van der Waals surface area contributed by atoms with Crippen molar-refractivity contribution >= 4 is 29.1 Å². The number of rotatable bonds is 5. The average Bonchev–Trinajstić information content (AvgIpc) is 2.87. The highest BCUT2D eigenvalue weighted by atomic mass is 35.5. The molecule has 7 heteroatoms. The summed E-state index contributed by atoms with van der Waals surface area (Å²) < 4.78 is 19.1. The summed E-state index contributed by atoms with van der Waals surface area (Å²) in [6, 6.07) is 4.47. The molecule has 1 aromatic heterocycles. The van der Waals surface area contributed by atoms with Crippen LogP contribution in [0.15, 0.2) is 27.8 Å². The Morgan fingerprint density at radius 1 is 1.36 bits per heavy atom. The van der Waals surface area contributed by atoms with Gasteiger partial charge in [-0.2, -0.15) is 0 Å². The number of thioether (sulfide) groups is 1. The summed E-state index contributed by atoms with van der Waals surface area (Å²) in [6.45, 7) is 5.57. The number of carbonyl (C=O) groups is 1. The summed E-state index contributed by atoms with van der Waals surface area (Å²) in [6.07, 6.45) is 0.117. The summed E-state index contributed by atoms with van der Waals surface area (Å²) in [5.74, 6) is 0.195. The van der Waals surface area contributed by atoms with E-state index in [1.165, 1.54) is 23.9 Å². The zero-order valence-corrected chi connectivity index (χ0v) is 14.1. The Morgan fingerprint density at radius 3 is 2.73 bits per heavy atom. The number of Topliss-reactive ketones (excluding diaryl/α,β-unsaturated/α-hetero) is 1. The predicted molar refractivity (Wildman–Crippen MR) is 83.7 cm³/mol. The standard InChI is InChI=1S/C15H16ClFN2O2S/c1-15(2,3)12(20)8-22-14-19-18-13(21-14)7-9-10(16)5-4-6-11(9)17/h4-6H,7-8H2,1-3H3. The first-order valence-electron chi connectivity index (χ1n) is 6.69. The Balaban J connectivity index is 2.02. The molecule has 0 amide bonds. The Kier molecular flexibility index (Phi) is 5.24. The van der Waals surface area contributed by atoms with Crippen molar-refractivity contribution in [2.45, 2.75) is 32.4 Å². The molecule has 0 unspecified atom stereocenters. The highest BCUT2D eigenvalue weighted by Gasteiger charge is 2.22. The molecule has 0 bridgehead atoms. The van der Waals surface area contributed by atoms with Gasteiger partial charge in [-0.25, -0.2) is 4.39 Å². The maximum Gasteiger partial charge on any atom is 0.277 e. The van der Waals surface area contributed by atoms with Gasteiger partial charge >= 0.3 is 0 Å². The van der Waals surface area contributed by atoms with E-state index in [1.54, 1.807) is 6.07 Å². The van der Waals surface area contributed by atoms with Gasteiger partial charge in [0.1, 0.15) is 11.6 Å². The molecule has 22 heavy (non-hydrogen) atoms. The molecule has 0 aliphatic heterocycles. The first-order valence-corrected chi connectivity index (χ1v) is 8.05. The lowest BCUT2D eigenvalue weighted by atomic mass is 9.92. The number of aromatic nitrogens is 2. The van der Waals surface area contributed by atoms with E-state index in [9.17, 15) is 9.18 Å². The molecule has 0 fully saturated rings. The molecule has 0 radical (unpaired) electrons. The Bertz CT molecular complexity index is 662. The maximum atomic E-state index is 13.7. The van der Waals surface area contributed by atoms with Gasteiger partial charge in [0.25, 0.3) is 5.22 Å². The number of nitrogens with zero attached hydrogens (tertiary/aromatic N) is 2. The molecule has 4 nitrogen and oxygen atoms in total. The van der Waals surface area contributed by atoms with E-state index in [4.69, 9.17) is 16.0 Å². The van der Waals surface area contributed by atoms with Crippen LogP contribution in [0.3, 0.4) is 0 Å². The third-order valence-electron chi connectivity index (χ3n) is 3.00. The maximum absolute atomic E-state index is 13.7. The number of hydrogen-bond donors (Lipinski definition) is 0. The molecule has 0 aliphatic rings. The highest BCUT2D eigenvalue weighted by Crippen LogP contribution is 2.25. The summed E-state index contributed by atoms with van der Waals surface area (Å²) >= 11 is 7.14. The van der Waals surface area contributed by atoms with E-state index in [1.807, 2.05) is 20.8 Å². The largest absolute Gasteiger partial charge is 0.416 e. The number of ketones is 1. The fraction of sp³-hybridized carbons (Fsp3) is 0.400. The molecule has 0 saturated heterocycles. The SMILES string of the molecule is CC(C)(C)C(=O)CSc1nnc(Cc2c(F)cccc2Cl)o1. The molecule has 2 rings (SSSR count). The van der Waals surface area contributed by atoms with Crippen LogP contribution in [0.5, 0.6) is 0 Å². The molecule has 1 heterocycles. The first-order chi connectivity index (χ1) is 10.3. The normalized spacial score (nSPS) is 11.7. The fourth-order valence-electron chi connectivity index (χ4n) is 1.56. The van der Waals surface area contributed by atoms with Crippen LogP contribution >= 0.6 is 23.4 Å². The zero-order valence-electron chi connectivity index (χ0n) is 12.5. The minimum atomic E-state index is -0.414. The van der Waals surface area contributed by atoms with Gasteiger partial charge in [-0.3, -0.25) is 4.79 Å². The van der Waals surface area contributed by atoms with Crippen LogP contribution in [0, 0.1) is 11.2 Å². The molecule has 0 atom stereocenters. The lowest BCUT2D eigenvalue weighted by molar-refractivity contribution is -0.123. The van der Waals surface area contributed by atoms with Crippen LogP contribution in [0.2, 0.25) is 5.02 Å². The van der Waals surface area contributed by atoms with E-state index in [-0.39, 0.29) is 23.8 Å².